The van der Waals surface area contributed by atoms with Crippen LogP contribution in [-0.4, -0.2) is 76.7 Å². The fourth-order valence-electron chi connectivity index (χ4n) is 5.35. The first-order valence-electron chi connectivity index (χ1n) is 9.84. The van der Waals surface area contributed by atoms with Crippen LogP contribution in [0.2, 0.25) is 0 Å². The van der Waals surface area contributed by atoms with Crippen LogP contribution < -0.4 is 4.90 Å². The molecule has 0 heterocycles. The number of Topliss-reactive ketones (excluding diaryl/α,β-unsaturated/α-hetero) is 1. The lowest BCUT2D eigenvalue weighted by molar-refractivity contribution is -0.145. The molecular weight excluding hydrogens is 388 g/mol. The van der Waals surface area contributed by atoms with E-state index < -0.39 is 40.8 Å². The highest BCUT2D eigenvalue weighted by atomic mass is 16.3. The maximum absolute atomic E-state index is 13.4. The van der Waals surface area contributed by atoms with Crippen molar-refractivity contribution in [3.05, 3.63) is 46.4 Å². The Morgan fingerprint density at radius 1 is 1.07 bits per heavy atom. The third-order valence-corrected chi connectivity index (χ3v) is 6.66. The van der Waals surface area contributed by atoms with Gasteiger partial charge in [0.05, 0.1) is 11.6 Å². The van der Waals surface area contributed by atoms with Crippen molar-refractivity contribution in [2.75, 3.05) is 33.1 Å². The maximum atomic E-state index is 13.4. The van der Waals surface area contributed by atoms with E-state index in [2.05, 4.69) is 0 Å². The molecule has 0 bridgehead atoms. The first-order chi connectivity index (χ1) is 14.0. The highest BCUT2D eigenvalue weighted by Gasteiger charge is 2.60. The number of nitrogens with zero attached hydrogens (tertiary/aromatic N) is 2. The number of hydrogen-bond acceptors (Lipinski definition) is 8. The fourth-order valence-corrected chi connectivity index (χ4v) is 5.35. The first-order valence-corrected chi connectivity index (χ1v) is 9.84. The van der Waals surface area contributed by atoms with Crippen LogP contribution in [0.3, 0.4) is 0 Å². The number of rotatable bonds is 2. The van der Waals surface area contributed by atoms with E-state index in [1.807, 2.05) is 19.0 Å². The van der Waals surface area contributed by atoms with Crippen molar-refractivity contribution < 1.29 is 30.0 Å². The number of fused-ring (bicyclic) bond motifs is 3. The number of allylic oxidation sites excluding steroid dienone is 1. The van der Waals surface area contributed by atoms with Gasteiger partial charge in [0.1, 0.15) is 17.3 Å². The minimum Gasteiger partial charge on any atom is -0.510 e. The number of ketones is 2. The Balaban J connectivity index is 1.94. The smallest absolute Gasteiger partial charge is 0.198 e. The summed E-state index contributed by atoms with van der Waals surface area (Å²) in [4.78, 5) is 29.6. The van der Waals surface area contributed by atoms with E-state index in [9.17, 15) is 30.0 Å². The number of phenolic OH excluding ortho intramolecular Hbond substituents is 1. The Labute approximate surface area is 174 Å². The lowest BCUT2D eigenvalue weighted by atomic mass is 9.60. The van der Waals surface area contributed by atoms with Gasteiger partial charge in [-0.05, 0) is 50.6 Å². The van der Waals surface area contributed by atoms with Crippen molar-refractivity contribution in [3.63, 3.8) is 0 Å². The second kappa shape index (κ2) is 6.58. The summed E-state index contributed by atoms with van der Waals surface area (Å²) in [5.41, 5.74) is -0.794. The summed E-state index contributed by atoms with van der Waals surface area (Å²) in [6.07, 6.45) is 1.49. The number of hydrogen-bond donors (Lipinski definition) is 4. The fraction of sp³-hybridized carbons (Fsp3) is 0.455. The van der Waals surface area contributed by atoms with Crippen molar-refractivity contribution in [2.45, 2.75) is 24.5 Å². The largest absolute Gasteiger partial charge is 0.510 e. The van der Waals surface area contributed by atoms with Crippen LogP contribution in [0.15, 0.2) is 35.3 Å². The molecule has 4 atom stereocenters. The molecule has 3 aliphatic carbocycles. The molecule has 0 saturated carbocycles. The van der Waals surface area contributed by atoms with E-state index in [0.29, 0.717) is 12.0 Å². The van der Waals surface area contributed by atoms with Gasteiger partial charge in [0, 0.05) is 37.3 Å². The summed E-state index contributed by atoms with van der Waals surface area (Å²) >= 11 is 0. The predicted molar refractivity (Wildman–Crippen MR) is 110 cm³/mol. The van der Waals surface area contributed by atoms with E-state index in [0.717, 1.165) is 11.8 Å². The lowest BCUT2D eigenvalue weighted by Crippen LogP contribution is -2.61. The molecule has 1 aromatic rings. The van der Waals surface area contributed by atoms with E-state index in [4.69, 9.17) is 0 Å². The van der Waals surface area contributed by atoms with E-state index >= 15 is 0 Å². The van der Waals surface area contributed by atoms with Crippen LogP contribution in [0, 0.1) is 11.8 Å². The van der Waals surface area contributed by atoms with Gasteiger partial charge in [0.25, 0.3) is 0 Å². The quantitative estimate of drug-likeness (QED) is 0.572. The SMILES string of the molecule is CN(C)c1ccc(O)c2c1C[C@H]1C[C@H]3[C@H](N(C)C)C(O)=CC(=O)[C@@]3(O)C(O)=C1C2=O. The maximum Gasteiger partial charge on any atom is 0.198 e. The number of carbonyl (C=O) groups is 2. The molecular formula is C22H26N2O6. The summed E-state index contributed by atoms with van der Waals surface area (Å²) in [6.45, 7) is 0. The molecule has 3 aliphatic rings. The molecule has 4 N–H and O–H groups in total. The minimum absolute atomic E-state index is 0.0342. The molecule has 0 fully saturated rings. The Morgan fingerprint density at radius 2 is 1.73 bits per heavy atom. The number of aromatic hydroxyl groups is 1. The minimum atomic E-state index is -2.30. The number of aliphatic hydroxyl groups is 3. The monoisotopic (exact) mass is 414 g/mol. The second-order valence-electron chi connectivity index (χ2n) is 8.79. The molecule has 1 aromatic carbocycles. The molecule has 0 radical (unpaired) electrons. The Hall–Kier alpha value is -2.84. The Kier molecular flexibility index (Phi) is 4.48. The molecule has 0 amide bonds. The number of phenols is 1. The standard InChI is InChI=1S/C22H26N2O6/c1-23(2)13-5-6-14(25)18-11(13)7-10-8-12-19(24(3)4)15(26)9-16(27)22(12,30)21(29)17(10)20(18)28/h5-6,9-10,12,19,25-26,29-30H,7-8H2,1-4H3/t10-,12-,19-,22+/m0/s1. The van der Waals surface area contributed by atoms with Crippen LogP contribution in [-0.2, 0) is 11.2 Å². The number of anilines is 1. The predicted octanol–water partition coefficient (Wildman–Crippen LogP) is 1.33. The molecule has 8 nitrogen and oxygen atoms in total. The van der Waals surface area contributed by atoms with Gasteiger partial charge < -0.3 is 25.3 Å². The van der Waals surface area contributed by atoms with Crippen molar-refractivity contribution in [1.29, 1.82) is 0 Å². The highest BCUT2D eigenvalue weighted by molar-refractivity contribution is 6.15. The van der Waals surface area contributed by atoms with Crippen LogP contribution >= 0.6 is 0 Å². The zero-order valence-corrected chi connectivity index (χ0v) is 17.4. The summed E-state index contributed by atoms with van der Waals surface area (Å²) in [5.74, 6) is -3.77. The molecule has 160 valence electrons. The molecule has 0 saturated heterocycles. The van der Waals surface area contributed by atoms with Crippen LogP contribution in [0.4, 0.5) is 5.69 Å². The van der Waals surface area contributed by atoms with E-state index in [1.54, 1.807) is 25.1 Å². The topological polar surface area (TPSA) is 122 Å². The number of benzene rings is 1. The summed E-state index contributed by atoms with van der Waals surface area (Å²) < 4.78 is 0. The van der Waals surface area contributed by atoms with E-state index in [-0.39, 0.29) is 29.1 Å². The Bertz CT molecular complexity index is 1020. The van der Waals surface area contributed by atoms with Gasteiger partial charge in [-0.1, -0.05) is 0 Å². The lowest BCUT2D eigenvalue weighted by Gasteiger charge is -2.49. The summed E-state index contributed by atoms with van der Waals surface area (Å²) in [6, 6.07) is 2.47. The van der Waals surface area contributed by atoms with Gasteiger partial charge in [-0.3, -0.25) is 14.5 Å². The summed E-state index contributed by atoms with van der Waals surface area (Å²) in [5, 5.41) is 43.1. The molecule has 0 aromatic heterocycles. The van der Waals surface area contributed by atoms with Crippen molar-refractivity contribution in [1.82, 2.24) is 4.90 Å². The van der Waals surface area contributed by atoms with Gasteiger partial charge in [0.15, 0.2) is 17.2 Å². The normalized spacial score (nSPS) is 30.6. The number of likely N-dealkylation sites (N-methyl/N-ethyl adjacent to an activating group) is 1. The molecule has 0 aliphatic heterocycles. The van der Waals surface area contributed by atoms with Crippen LogP contribution in [0.25, 0.3) is 0 Å². The van der Waals surface area contributed by atoms with Crippen molar-refractivity contribution in [3.8, 4) is 5.75 Å². The van der Waals surface area contributed by atoms with Crippen LogP contribution in [0.1, 0.15) is 22.3 Å². The van der Waals surface area contributed by atoms with E-state index in [1.165, 1.54) is 6.07 Å². The Morgan fingerprint density at radius 3 is 2.33 bits per heavy atom. The van der Waals surface area contributed by atoms with Gasteiger partial charge in [-0.2, -0.15) is 0 Å². The number of aliphatic hydroxyl groups excluding tert-OH is 2. The molecule has 30 heavy (non-hydrogen) atoms. The van der Waals surface area contributed by atoms with Crippen molar-refractivity contribution in [2.24, 2.45) is 11.8 Å². The highest BCUT2D eigenvalue weighted by Crippen LogP contribution is 2.51. The first kappa shape index (κ1) is 20.4. The zero-order chi connectivity index (χ0) is 22.1. The zero-order valence-electron chi connectivity index (χ0n) is 17.4. The third-order valence-electron chi connectivity index (χ3n) is 6.66. The van der Waals surface area contributed by atoms with Gasteiger partial charge in [-0.15, -0.1) is 0 Å². The third kappa shape index (κ3) is 2.53. The van der Waals surface area contributed by atoms with Crippen molar-refractivity contribution >= 4 is 17.3 Å². The van der Waals surface area contributed by atoms with Gasteiger partial charge in [0.2, 0.25) is 0 Å². The molecule has 0 unspecified atom stereocenters. The van der Waals surface area contributed by atoms with Gasteiger partial charge >= 0.3 is 0 Å². The summed E-state index contributed by atoms with van der Waals surface area (Å²) in [7, 11) is 7.10. The molecule has 4 rings (SSSR count). The van der Waals surface area contributed by atoms with Gasteiger partial charge in [-0.25, -0.2) is 0 Å². The average molecular weight is 414 g/mol. The second-order valence-corrected chi connectivity index (χ2v) is 8.79. The molecule has 8 heteroatoms. The number of carbonyl (C=O) groups excluding carboxylic acids is 2. The average Bonchev–Trinajstić information content (AvgIpc) is 2.64. The molecule has 0 spiro atoms. The van der Waals surface area contributed by atoms with Crippen LogP contribution in [0.5, 0.6) is 5.75 Å².